The quantitative estimate of drug-likeness (QED) is 0.871. The van der Waals surface area contributed by atoms with Crippen molar-refractivity contribution >= 4 is 33.2 Å². The molecule has 0 aliphatic rings. The summed E-state index contributed by atoms with van der Waals surface area (Å²) < 4.78 is 0.797. The van der Waals surface area contributed by atoms with Gasteiger partial charge < -0.3 is 4.90 Å². The van der Waals surface area contributed by atoms with Crippen molar-refractivity contribution in [1.82, 2.24) is 14.9 Å². The van der Waals surface area contributed by atoms with Gasteiger partial charge in [0.1, 0.15) is 0 Å². The number of halogens is 1. The number of amides is 1. The maximum Gasteiger partial charge on any atom is 0.255 e. The van der Waals surface area contributed by atoms with Crippen LogP contribution in [0.3, 0.4) is 0 Å². The van der Waals surface area contributed by atoms with Gasteiger partial charge in [-0.1, -0.05) is 0 Å². The normalized spacial score (nSPS) is 10.4. The SMILES string of the molecule is Cc1nc(CN(C)C(=O)c2cncc(Br)c2)cs1. The fourth-order valence-electron chi connectivity index (χ4n) is 1.54. The van der Waals surface area contributed by atoms with Crippen molar-refractivity contribution in [2.24, 2.45) is 0 Å². The highest BCUT2D eigenvalue weighted by molar-refractivity contribution is 9.10. The van der Waals surface area contributed by atoms with Gasteiger partial charge in [-0.15, -0.1) is 11.3 Å². The number of aromatic nitrogens is 2. The molecule has 6 heteroatoms. The minimum atomic E-state index is -0.0607. The molecule has 0 unspecified atom stereocenters. The molecule has 2 heterocycles. The molecule has 0 aromatic carbocycles. The summed E-state index contributed by atoms with van der Waals surface area (Å²) in [6, 6.07) is 1.76. The van der Waals surface area contributed by atoms with E-state index < -0.39 is 0 Å². The van der Waals surface area contributed by atoms with Crippen molar-refractivity contribution in [2.45, 2.75) is 13.5 Å². The summed E-state index contributed by atoms with van der Waals surface area (Å²) in [7, 11) is 1.76. The van der Waals surface area contributed by atoms with Crippen molar-refractivity contribution in [3.63, 3.8) is 0 Å². The average molecular weight is 326 g/mol. The van der Waals surface area contributed by atoms with Crippen molar-refractivity contribution < 1.29 is 4.79 Å². The standard InChI is InChI=1S/C12H12BrN3OS/c1-8-15-11(7-18-8)6-16(2)12(17)9-3-10(13)5-14-4-9/h3-5,7H,6H2,1-2H3. The van der Waals surface area contributed by atoms with Crippen molar-refractivity contribution in [3.05, 3.63) is 44.6 Å². The molecule has 0 spiro atoms. The van der Waals surface area contributed by atoms with Gasteiger partial charge in [-0.3, -0.25) is 9.78 Å². The van der Waals surface area contributed by atoms with E-state index in [1.165, 1.54) is 0 Å². The van der Waals surface area contributed by atoms with Crippen LogP contribution in [0.2, 0.25) is 0 Å². The fraction of sp³-hybridized carbons (Fsp3) is 0.250. The Hall–Kier alpha value is -1.27. The van der Waals surface area contributed by atoms with Gasteiger partial charge in [0.15, 0.2) is 0 Å². The zero-order valence-corrected chi connectivity index (χ0v) is 12.5. The van der Waals surface area contributed by atoms with Crippen LogP contribution in [0.1, 0.15) is 21.1 Å². The molecule has 0 N–H and O–H groups in total. The lowest BCUT2D eigenvalue weighted by molar-refractivity contribution is 0.0783. The predicted octanol–water partition coefficient (Wildman–Crippen LogP) is 2.88. The number of hydrogen-bond acceptors (Lipinski definition) is 4. The summed E-state index contributed by atoms with van der Waals surface area (Å²) in [5.41, 5.74) is 1.48. The molecular formula is C12H12BrN3OS. The van der Waals surface area contributed by atoms with Gasteiger partial charge in [0.2, 0.25) is 0 Å². The van der Waals surface area contributed by atoms with E-state index >= 15 is 0 Å². The molecule has 2 aromatic rings. The summed E-state index contributed by atoms with van der Waals surface area (Å²) in [5.74, 6) is -0.0607. The predicted molar refractivity (Wildman–Crippen MR) is 74.6 cm³/mol. The minimum Gasteiger partial charge on any atom is -0.336 e. The van der Waals surface area contributed by atoms with Gasteiger partial charge in [0.25, 0.3) is 5.91 Å². The first kappa shape index (κ1) is 13.2. The molecule has 4 nitrogen and oxygen atoms in total. The van der Waals surface area contributed by atoms with Crippen molar-refractivity contribution in [1.29, 1.82) is 0 Å². The number of carbonyl (C=O) groups is 1. The number of thiazole rings is 1. The molecule has 0 aliphatic heterocycles. The number of aryl methyl sites for hydroxylation is 1. The van der Waals surface area contributed by atoms with E-state index in [2.05, 4.69) is 25.9 Å². The first-order chi connectivity index (χ1) is 8.56. The largest absolute Gasteiger partial charge is 0.336 e. The van der Waals surface area contributed by atoms with Gasteiger partial charge >= 0.3 is 0 Å². The second-order valence-corrected chi connectivity index (χ2v) is 5.89. The Morgan fingerprint density at radius 2 is 2.28 bits per heavy atom. The lowest BCUT2D eigenvalue weighted by Gasteiger charge is -2.15. The van der Waals surface area contributed by atoms with Gasteiger partial charge in [-0.05, 0) is 28.9 Å². The zero-order valence-electron chi connectivity index (χ0n) is 10.1. The van der Waals surface area contributed by atoms with Crippen molar-refractivity contribution in [2.75, 3.05) is 7.05 Å². The molecule has 0 fully saturated rings. The van der Waals surface area contributed by atoms with Crippen LogP contribution in [0, 0.1) is 6.92 Å². The Kier molecular flexibility index (Phi) is 4.08. The summed E-state index contributed by atoms with van der Waals surface area (Å²) in [4.78, 5) is 22.1. The Balaban J connectivity index is 2.09. The van der Waals surface area contributed by atoms with Gasteiger partial charge in [0.05, 0.1) is 22.8 Å². The van der Waals surface area contributed by atoms with E-state index in [9.17, 15) is 4.79 Å². The third-order valence-corrected chi connectivity index (χ3v) is 3.62. The van der Waals surface area contributed by atoms with Gasteiger partial charge in [-0.2, -0.15) is 0 Å². The summed E-state index contributed by atoms with van der Waals surface area (Å²) >= 11 is 4.89. The Labute approximate surface area is 118 Å². The molecule has 18 heavy (non-hydrogen) atoms. The van der Waals surface area contributed by atoms with Crippen LogP contribution in [0.5, 0.6) is 0 Å². The average Bonchev–Trinajstić information content (AvgIpc) is 2.73. The first-order valence-electron chi connectivity index (χ1n) is 5.33. The molecule has 0 aliphatic carbocycles. The van der Waals surface area contributed by atoms with E-state index in [-0.39, 0.29) is 5.91 Å². The van der Waals surface area contributed by atoms with E-state index in [4.69, 9.17) is 0 Å². The maximum atomic E-state index is 12.1. The number of rotatable bonds is 3. The summed E-state index contributed by atoms with van der Waals surface area (Å²) in [6.45, 7) is 2.46. The van der Waals surface area contributed by atoms with E-state index in [1.54, 1.807) is 41.7 Å². The highest BCUT2D eigenvalue weighted by atomic mass is 79.9. The third-order valence-electron chi connectivity index (χ3n) is 2.36. The van der Waals surface area contributed by atoms with Gasteiger partial charge in [-0.25, -0.2) is 4.98 Å². The molecule has 1 amide bonds. The lowest BCUT2D eigenvalue weighted by Crippen LogP contribution is -2.26. The fourth-order valence-corrected chi connectivity index (χ4v) is 2.51. The van der Waals surface area contributed by atoms with E-state index in [0.717, 1.165) is 15.2 Å². The smallest absolute Gasteiger partial charge is 0.255 e. The lowest BCUT2D eigenvalue weighted by atomic mass is 10.2. The molecule has 94 valence electrons. The third kappa shape index (κ3) is 3.14. The molecular weight excluding hydrogens is 314 g/mol. The number of carbonyl (C=O) groups excluding carboxylic acids is 1. The molecule has 0 bridgehead atoms. The Morgan fingerprint density at radius 3 is 2.89 bits per heavy atom. The number of pyridine rings is 1. The summed E-state index contributed by atoms with van der Waals surface area (Å²) in [6.07, 6.45) is 3.22. The molecule has 2 rings (SSSR count). The van der Waals surface area contributed by atoms with Crippen LogP contribution in [0.4, 0.5) is 0 Å². The molecule has 0 saturated carbocycles. The zero-order chi connectivity index (χ0) is 13.1. The van der Waals surface area contributed by atoms with Crippen molar-refractivity contribution in [3.8, 4) is 0 Å². The number of hydrogen-bond donors (Lipinski definition) is 0. The van der Waals surface area contributed by atoms with Gasteiger partial charge in [0, 0.05) is 29.3 Å². The maximum absolute atomic E-state index is 12.1. The molecule has 0 saturated heterocycles. The van der Waals surface area contributed by atoms with E-state index in [1.807, 2.05) is 12.3 Å². The van der Waals surface area contributed by atoms with Crippen LogP contribution in [-0.2, 0) is 6.54 Å². The second kappa shape index (κ2) is 5.58. The molecule has 0 atom stereocenters. The molecule has 0 radical (unpaired) electrons. The topological polar surface area (TPSA) is 46.1 Å². The number of nitrogens with zero attached hydrogens (tertiary/aromatic N) is 3. The van der Waals surface area contributed by atoms with Crippen LogP contribution in [0.15, 0.2) is 28.3 Å². The Morgan fingerprint density at radius 1 is 1.50 bits per heavy atom. The second-order valence-electron chi connectivity index (χ2n) is 3.91. The molecule has 2 aromatic heterocycles. The van der Waals surface area contributed by atoms with Crippen LogP contribution < -0.4 is 0 Å². The minimum absolute atomic E-state index is 0.0607. The monoisotopic (exact) mass is 325 g/mol. The highest BCUT2D eigenvalue weighted by Gasteiger charge is 2.13. The van der Waals surface area contributed by atoms with Crippen LogP contribution in [0.25, 0.3) is 0 Å². The highest BCUT2D eigenvalue weighted by Crippen LogP contribution is 2.14. The van der Waals surface area contributed by atoms with E-state index in [0.29, 0.717) is 12.1 Å². The Bertz CT molecular complexity index is 570. The summed E-state index contributed by atoms with van der Waals surface area (Å²) in [5, 5.41) is 2.98. The first-order valence-corrected chi connectivity index (χ1v) is 7.00. The van der Waals surface area contributed by atoms with Crippen LogP contribution in [-0.4, -0.2) is 27.8 Å². The van der Waals surface area contributed by atoms with Crippen LogP contribution >= 0.6 is 27.3 Å².